The van der Waals surface area contributed by atoms with Gasteiger partial charge in [-0.1, -0.05) is 6.58 Å². The van der Waals surface area contributed by atoms with E-state index in [0.717, 1.165) is 64.0 Å². The molecule has 2 N–H and O–H groups in total. The highest BCUT2D eigenvalue weighted by Crippen LogP contribution is 2.25. The molecule has 7 heteroatoms. The molecule has 2 fully saturated rings. The van der Waals surface area contributed by atoms with Crippen molar-refractivity contribution in [3.8, 4) is 0 Å². The highest BCUT2D eigenvalue weighted by Gasteiger charge is 2.30. The summed E-state index contributed by atoms with van der Waals surface area (Å²) in [5.74, 6) is 0. The Morgan fingerprint density at radius 3 is 2.56 bits per heavy atom. The van der Waals surface area contributed by atoms with Gasteiger partial charge in [0, 0.05) is 51.2 Å². The molecule has 142 valence electrons. The van der Waals surface area contributed by atoms with Crippen LogP contribution in [0.1, 0.15) is 39.0 Å². The predicted molar refractivity (Wildman–Crippen MR) is 100 cm³/mol. The molecule has 2 aliphatic rings. The lowest BCUT2D eigenvalue weighted by Crippen LogP contribution is -2.47. The molecule has 1 unspecified atom stereocenters. The van der Waals surface area contributed by atoms with Crippen molar-refractivity contribution in [2.75, 3.05) is 39.3 Å². The van der Waals surface area contributed by atoms with Crippen LogP contribution in [0.2, 0.25) is 0 Å². The average Bonchev–Trinajstić information content (AvgIpc) is 2.89. The van der Waals surface area contributed by atoms with Gasteiger partial charge in [0.2, 0.25) is 0 Å². The van der Waals surface area contributed by atoms with Crippen molar-refractivity contribution >= 4 is 12.8 Å². The van der Waals surface area contributed by atoms with E-state index < -0.39 is 0 Å². The lowest BCUT2D eigenvalue weighted by Gasteiger charge is -2.40. The Morgan fingerprint density at radius 2 is 1.96 bits per heavy atom. The van der Waals surface area contributed by atoms with Gasteiger partial charge in [-0.05, 0) is 39.0 Å². The number of hydrazone groups is 1. The van der Waals surface area contributed by atoms with Gasteiger partial charge in [-0.15, -0.1) is 0 Å². The Bertz CT molecular complexity index is 462. The normalized spacial score (nSPS) is 23.0. The van der Waals surface area contributed by atoms with Gasteiger partial charge >= 0.3 is 6.09 Å². The molecule has 2 rings (SSSR count). The molecule has 2 heterocycles. The zero-order valence-corrected chi connectivity index (χ0v) is 15.5. The van der Waals surface area contributed by atoms with Crippen LogP contribution >= 0.6 is 0 Å². The van der Waals surface area contributed by atoms with Gasteiger partial charge < -0.3 is 20.3 Å². The Balaban J connectivity index is 1.83. The number of ether oxygens (including phenoxy) is 1. The highest BCUT2D eigenvalue weighted by atomic mass is 16.6. The van der Waals surface area contributed by atoms with Crippen LogP contribution in [0.15, 0.2) is 17.4 Å². The highest BCUT2D eigenvalue weighted by molar-refractivity contribution is 5.67. The summed E-state index contributed by atoms with van der Waals surface area (Å²) >= 11 is 0. The van der Waals surface area contributed by atoms with E-state index >= 15 is 0 Å². The lowest BCUT2D eigenvalue weighted by atomic mass is 9.99. The minimum absolute atomic E-state index is 0.171. The molecule has 25 heavy (non-hydrogen) atoms. The molecule has 0 aromatic heterocycles. The second kappa shape index (κ2) is 9.77. The number of hydrogen-bond acceptors (Lipinski definition) is 6. The van der Waals surface area contributed by atoms with Crippen LogP contribution in [-0.4, -0.2) is 79.0 Å². The van der Waals surface area contributed by atoms with Crippen molar-refractivity contribution in [3.63, 3.8) is 0 Å². The molecule has 0 aromatic carbocycles. The first-order chi connectivity index (χ1) is 12.1. The van der Waals surface area contributed by atoms with Crippen LogP contribution in [0.25, 0.3) is 0 Å². The van der Waals surface area contributed by atoms with Crippen molar-refractivity contribution < 1.29 is 9.53 Å². The Labute approximate surface area is 151 Å². The number of hydrogen-bond donors (Lipinski definition) is 1. The first-order valence-electron chi connectivity index (χ1n) is 9.40. The van der Waals surface area contributed by atoms with Crippen LogP contribution in [0, 0.1) is 0 Å². The molecule has 0 aromatic rings. The van der Waals surface area contributed by atoms with E-state index in [0.29, 0.717) is 25.2 Å². The summed E-state index contributed by atoms with van der Waals surface area (Å²) in [6.45, 7) is 14.0. The molecule has 0 aliphatic carbocycles. The molecule has 0 saturated carbocycles. The molecule has 2 saturated heterocycles. The van der Waals surface area contributed by atoms with Gasteiger partial charge in [0.15, 0.2) is 0 Å². The van der Waals surface area contributed by atoms with E-state index in [1.165, 1.54) is 0 Å². The van der Waals surface area contributed by atoms with E-state index in [9.17, 15) is 4.79 Å². The summed E-state index contributed by atoms with van der Waals surface area (Å²) in [6, 6.07) is 0.884. The number of nitrogens with two attached hydrogens (primary N) is 1. The smallest absolute Gasteiger partial charge is 0.409 e. The van der Waals surface area contributed by atoms with Gasteiger partial charge in [0.1, 0.15) is 0 Å². The molecule has 0 spiro atoms. The number of nitrogens with zero attached hydrogens (tertiary/aromatic N) is 4. The number of amides is 1. The number of carbonyl (C=O) groups excluding carboxylic acids is 1. The van der Waals surface area contributed by atoms with Crippen molar-refractivity contribution in [2.45, 2.75) is 51.1 Å². The summed E-state index contributed by atoms with van der Waals surface area (Å²) in [4.78, 5) is 16.3. The third kappa shape index (κ3) is 5.19. The van der Waals surface area contributed by atoms with Crippen molar-refractivity contribution in [2.24, 2.45) is 10.8 Å². The summed E-state index contributed by atoms with van der Waals surface area (Å²) in [7, 11) is 0. The maximum absolute atomic E-state index is 11.9. The molecule has 1 amide bonds. The first kappa shape index (κ1) is 19.7. The van der Waals surface area contributed by atoms with Gasteiger partial charge in [0.05, 0.1) is 12.6 Å². The fourth-order valence-electron chi connectivity index (χ4n) is 3.90. The third-order valence-corrected chi connectivity index (χ3v) is 5.30. The van der Waals surface area contributed by atoms with Crippen molar-refractivity contribution in [1.82, 2.24) is 14.8 Å². The van der Waals surface area contributed by atoms with Gasteiger partial charge in [-0.3, -0.25) is 5.01 Å². The standard InChI is InChI=1S/C18H33N5O2/c1-4-25-18(24)22-10-5-6-16(7-13-22)21-11-8-17(9-12-21)23(20-3)15(2)14-19/h16-17H,2-14,19H2,1H3. The zero-order chi connectivity index (χ0) is 18.2. The molecule has 0 radical (unpaired) electrons. The SMILES string of the molecule is C=NN(C(=C)CN)C1CCN(C2CCCN(C(=O)OCC)CC2)CC1. The second-order valence-corrected chi connectivity index (χ2v) is 6.79. The maximum Gasteiger partial charge on any atom is 0.409 e. The molecular weight excluding hydrogens is 318 g/mol. The van der Waals surface area contributed by atoms with Crippen LogP contribution in [0.4, 0.5) is 4.79 Å². The first-order valence-corrected chi connectivity index (χ1v) is 9.40. The Morgan fingerprint density at radius 1 is 1.24 bits per heavy atom. The zero-order valence-electron chi connectivity index (χ0n) is 15.5. The number of rotatable bonds is 6. The van der Waals surface area contributed by atoms with Crippen molar-refractivity contribution in [1.29, 1.82) is 0 Å². The van der Waals surface area contributed by atoms with Crippen LogP contribution in [-0.2, 0) is 4.74 Å². The van der Waals surface area contributed by atoms with Crippen LogP contribution in [0.3, 0.4) is 0 Å². The topological polar surface area (TPSA) is 74.4 Å². The van der Waals surface area contributed by atoms with Gasteiger partial charge in [-0.25, -0.2) is 4.79 Å². The average molecular weight is 351 g/mol. The minimum atomic E-state index is -0.171. The van der Waals surface area contributed by atoms with Crippen LogP contribution < -0.4 is 5.73 Å². The van der Waals surface area contributed by atoms with Gasteiger partial charge in [-0.2, -0.15) is 5.10 Å². The summed E-state index contributed by atoms with van der Waals surface area (Å²) in [5.41, 5.74) is 6.52. The number of piperidine rings is 1. The third-order valence-electron chi connectivity index (χ3n) is 5.30. The molecule has 2 aliphatic heterocycles. The summed E-state index contributed by atoms with van der Waals surface area (Å²) in [5, 5.41) is 6.00. The summed E-state index contributed by atoms with van der Waals surface area (Å²) in [6.07, 6.45) is 5.09. The van der Waals surface area contributed by atoms with E-state index in [1.807, 2.05) is 16.8 Å². The fourth-order valence-corrected chi connectivity index (χ4v) is 3.90. The molecular formula is C18H33N5O2. The Hall–Kier alpha value is -1.60. The molecule has 0 bridgehead atoms. The monoisotopic (exact) mass is 351 g/mol. The fraction of sp³-hybridized carbons (Fsp3) is 0.778. The quantitative estimate of drug-likeness (QED) is 0.584. The largest absolute Gasteiger partial charge is 0.450 e. The van der Waals surface area contributed by atoms with Crippen molar-refractivity contribution in [3.05, 3.63) is 12.3 Å². The lowest BCUT2D eigenvalue weighted by molar-refractivity contribution is 0.0913. The second-order valence-electron chi connectivity index (χ2n) is 6.79. The summed E-state index contributed by atoms with van der Waals surface area (Å²) < 4.78 is 5.14. The van der Waals surface area contributed by atoms with Crippen LogP contribution in [0.5, 0.6) is 0 Å². The predicted octanol–water partition coefficient (Wildman–Crippen LogP) is 1.85. The number of carbonyl (C=O) groups is 1. The van der Waals surface area contributed by atoms with E-state index in [2.05, 4.69) is 23.3 Å². The van der Waals surface area contributed by atoms with E-state index in [1.54, 1.807) is 0 Å². The molecule has 7 nitrogen and oxygen atoms in total. The Kier molecular flexibility index (Phi) is 7.71. The number of likely N-dealkylation sites (tertiary alicyclic amines) is 2. The van der Waals surface area contributed by atoms with E-state index in [4.69, 9.17) is 10.5 Å². The molecule has 1 atom stereocenters. The maximum atomic E-state index is 11.9. The van der Waals surface area contributed by atoms with Gasteiger partial charge in [0.25, 0.3) is 0 Å². The van der Waals surface area contributed by atoms with E-state index in [-0.39, 0.29) is 6.09 Å². The minimum Gasteiger partial charge on any atom is -0.450 e.